The molecule has 1 amide bonds. The van der Waals surface area contributed by atoms with Gasteiger partial charge in [-0.2, -0.15) is 0 Å². The Hall–Kier alpha value is -2.01. The highest BCUT2D eigenvalue weighted by atomic mass is 16.5. The molecule has 0 aliphatic heterocycles. The number of aliphatic hydroxyl groups excluding tert-OH is 1. The Labute approximate surface area is 129 Å². The quantitative estimate of drug-likeness (QED) is 0.858. The van der Waals surface area contributed by atoms with Crippen molar-refractivity contribution in [2.24, 2.45) is 5.92 Å². The van der Waals surface area contributed by atoms with Crippen LogP contribution in [0.2, 0.25) is 0 Å². The second kappa shape index (κ2) is 5.65. The number of benzene rings is 1. The number of ether oxygens (including phenoxy) is 1. The molecule has 0 saturated heterocycles. The van der Waals surface area contributed by atoms with Crippen molar-refractivity contribution in [1.82, 2.24) is 5.32 Å². The smallest absolute Gasteiger partial charge is 0.225 e. The van der Waals surface area contributed by atoms with E-state index in [1.807, 2.05) is 19.1 Å². The molecule has 0 radical (unpaired) electrons. The number of furan rings is 1. The number of carbonyl (C=O) groups excluding carboxylic acids is 1. The normalized spacial score (nSPS) is 17.2. The fourth-order valence-corrected chi connectivity index (χ4v) is 2.85. The van der Waals surface area contributed by atoms with Crippen LogP contribution in [0.1, 0.15) is 25.3 Å². The maximum atomic E-state index is 12.3. The molecule has 1 unspecified atom stereocenters. The number of nitrogens with one attached hydrogen (secondary N) is 1. The van der Waals surface area contributed by atoms with Crippen LogP contribution in [-0.2, 0) is 11.2 Å². The first-order chi connectivity index (χ1) is 10.6. The first kappa shape index (κ1) is 14.9. The Bertz CT molecular complexity index is 689. The third-order valence-electron chi connectivity index (χ3n) is 4.45. The maximum Gasteiger partial charge on any atom is 0.225 e. The number of hydrogen-bond donors (Lipinski definition) is 2. The van der Waals surface area contributed by atoms with Gasteiger partial charge in [0.25, 0.3) is 0 Å². The van der Waals surface area contributed by atoms with Gasteiger partial charge in [0.1, 0.15) is 11.3 Å². The third-order valence-corrected chi connectivity index (χ3v) is 4.45. The molecule has 1 fully saturated rings. The van der Waals surface area contributed by atoms with E-state index in [0.717, 1.165) is 29.5 Å². The van der Waals surface area contributed by atoms with Crippen LogP contribution in [-0.4, -0.2) is 30.3 Å². The number of rotatable bonds is 6. The molecule has 5 heteroatoms. The molecular weight excluding hydrogens is 282 g/mol. The monoisotopic (exact) mass is 303 g/mol. The van der Waals surface area contributed by atoms with Crippen molar-refractivity contribution in [3.63, 3.8) is 0 Å². The van der Waals surface area contributed by atoms with Gasteiger partial charge >= 0.3 is 0 Å². The second-order valence-electron chi connectivity index (χ2n) is 6.20. The lowest BCUT2D eigenvalue weighted by atomic mass is 9.96. The van der Waals surface area contributed by atoms with Gasteiger partial charge in [-0.25, -0.2) is 0 Å². The Morgan fingerprint density at radius 3 is 2.91 bits per heavy atom. The van der Waals surface area contributed by atoms with Gasteiger partial charge in [-0.3, -0.25) is 4.79 Å². The highest BCUT2D eigenvalue weighted by molar-refractivity contribution is 5.88. The molecule has 0 bridgehead atoms. The Kier molecular flexibility index (Phi) is 3.83. The zero-order valence-electron chi connectivity index (χ0n) is 12.9. The molecule has 1 aliphatic carbocycles. The number of methoxy groups -OCH3 is 1. The summed E-state index contributed by atoms with van der Waals surface area (Å²) in [6.45, 7) is 1.87. The lowest BCUT2D eigenvalue weighted by molar-refractivity contribution is -0.123. The van der Waals surface area contributed by atoms with Crippen LogP contribution in [0, 0.1) is 5.92 Å². The molecule has 3 rings (SSSR count). The summed E-state index contributed by atoms with van der Waals surface area (Å²) in [5, 5.41) is 13.4. The van der Waals surface area contributed by atoms with E-state index >= 15 is 0 Å². The van der Waals surface area contributed by atoms with Gasteiger partial charge in [-0.05, 0) is 37.8 Å². The zero-order valence-corrected chi connectivity index (χ0v) is 12.9. The van der Waals surface area contributed by atoms with Crippen LogP contribution in [0.15, 0.2) is 28.9 Å². The van der Waals surface area contributed by atoms with Crippen molar-refractivity contribution in [3.8, 4) is 5.75 Å². The highest BCUT2D eigenvalue weighted by Gasteiger charge is 2.42. The molecular formula is C17H21NO4. The average Bonchev–Trinajstić information content (AvgIpc) is 3.31. The summed E-state index contributed by atoms with van der Waals surface area (Å²) < 4.78 is 10.7. The Morgan fingerprint density at radius 2 is 2.27 bits per heavy atom. The minimum atomic E-state index is -0.514. The van der Waals surface area contributed by atoms with Crippen LogP contribution in [0.3, 0.4) is 0 Å². The van der Waals surface area contributed by atoms with Crippen molar-refractivity contribution in [3.05, 3.63) is 30.0 Å². The summed E-state index contributed by atoms with van der Waals surface area (Å²) >= 11 is 0. The minimum absolute atomic E-state index is 0.0350. The molecule has 22 heavy (non-hydrogen) atoms. The van der Waals surface area contributed by atoms with Crippen LogP contribution >= 0.6 is 0 Å². The van der Waals surface area contributed by atoms with E-state index in [9.17, 15) is 9.90 Å². The van der Waals surface area contributed by atoms with Crippen molar-refractivity contribution >= 4 is 16.9 Å². The van der Waals surface area contributed by atoms with Crippen molar-refractivity contribution in [2.75, 3.05) is 13.7 Å². The SMILES string of the molecule is COc1ccc2c(CC(=O)NC(C)(CO)C3CC3)coc2c1. The first-order valence-corrected chi connectivity index (χ1v) is 7.52. The standard InChI is InChI=1S/C17H21NO4/c1-17(10-19,12-3-4-12)18-16(20)7-11-9-22-15-8-13(21-2)5-6-14(11)15/h5-6,8-9,12,19H,3-4,7,10H2,1-2H3,(H,18,20). The number of carbonyl (C=O) groups is 1. The minimum Gasteiger partial charge on any atom is -0.497 e. The van der Waals surface area contributed by atoms with E-state index in [4.69, 9.17) is 9.15 Å². The summed E-state index contributed by atoms with van der Waals surface area (Å²) in [6, 6.07) is 5.55. The highest BCUT2D eigenvalue weighted by Crippen LogP contribution is 2.39. The number of aliphatic hydroxyl groups is 1. The Balaban J connectivity index is 1.74. The summed E-state index contributed by atoms with van der Waals surface area (Å²) in [5.74, 6) is 1.01. The zero-order chi connectivity index (χ0) is 15.7. The molecule has 1 saturated carbocycles. The summed E-state index contributed by atoms with van der Waals surface area (Å²) in [5.41, 5.74) is 1.03. The molecule has 1 aromatic carbocycles. The van der Waals surface area contributed by atoms with Gasteiger partial charge in [0.05, 0.1) is 31.9 Å². The fourth-order valence-electron chi connectivity index (χ4n) is 2.85. The number of amides is 1. The van der Waals surface area contributed by atoms with Gasteiger partial charge in [0, 0.05) is 17.0 Å². The van der Waals surface area contributed by atoms with Gasteiger partial charge < -0.3 is 19.6 Å². The molecule has 2 N–H and O–H groups in total. The van der Waals surface area contributed by atoms with E-state index in [2.05, 4.69) is 5.32 Å². The maximum absolute atomic E-state index is 12.3. The molecule has 5 nitrogen and oxygen atoms in total. The van der Waals surface area contributed by atoms with E-state index in [0.29, 0.717) is 11.5 Å². The van der Waals surface area contributed by atoms with Crippen LogP contribution in [0.5, 0.6) is 5.75 Å². The van der Waals surface area contributed by atoms with E-state index in [1.54, 1.807) is 19.4 Å². The van der Waals surface area contributed by atoms with Gasteiger partial charge in [-0.1, -0.05) is 0 Å². The third kappa shape index (κ3) is 2.81. The topological polar surface area (TPSA) is 71.7 Å². The van der Waals surface area contributed by atoms with E-state index in [-0.39, 0.29) is 18.9 Å². The van der Waals surface area contributed by atoms with Crippen LogP contribution in [0.4, 0.5) is 0 Å². The van der Waals surface area contributed by atoms with Crippen molar-refractivity contribution in [1.29, 1.82) is 0 Å². The van der Waals surface area contributed by atoms with Crippen molar-refractivity contribution < 1.29 is 19.1 Å². The van der Waals surface area contributed by atoms with Crippen LogP contribution < -0.4 is 10.1 Å². The van der Waals surface area contributed by atoms with E-state index < -0.39 is 5.54 Å². The second-order valence-corrected chi connectivity index (χ2v) is 6.20. The lowest BCUT2D eigenvalue weighted by Gasteiger charge is -2.28. The molecule has 0 spiro atoms. The van der Waals surface area contributed by atoms with Crippen LogP contribution in [0.25, 0.3) is 11.0 Å². The molecule has 1 heterocycles. The van der Waals surface area contributed by atoms with E-state index in [1.165, 1.54) is 0 Å². The van der Waals surface area contributed by atoms with Crippen molar-refractivity contribution in [2.45, 2.75) is 31.7 Å². The summed E-state index contributed by atoms with van der Waals surface area (Å²) in [4.78, 5) is 12.3. The van der Waals surface area contributed by atoms with Gasteiger partial charge in [0.2, 0.25) is 5.91 Å². The molecule has 2 aromatic rings. The number of hydrogen-bond acceptors (Lipinski definition) is 4. The summed E-state index contributed by atoms with van der Waals surface area (Å²) in [6.07, 6.45) is 3.97. The summed E-state index contributed by atoms with van der Waals surface area (Å²) in [7, 11) is 1.60. The molecule has 118 valence electrons. The predicted molar refractivity (Wildman–Crippen MR) is 82.8 cm³/mol. The lowest BCUT2D eigenvalue weighted by Crippen LogP contribution is -2.51. The molecule has 1 aromatic heterocycles. The fraction of sp³-hybridized carbons (Fsp3) is 0.471. The first-order valence-electron chi connectivity index (χ1n) is 7.52. The Morgan fingerprint density at radius 1 is 1.50 bits per heavy atom. The number of fused-ring (bicyclic) bond motifs is 1. The largest absolute Gasteiger partial charge is 0.497 e. The average molecular weight is 303 g/mol. The molecule has 1 aliphatic rings. The molecule has 1 atom stereocenters. The van der Waals surface area contributed by atoms with Gasteiger partial charge in [-0.15, -0.1) is 0 Å². The predicted octanol–water partition coefficient (Wildman–Crippen LogP) is 2.26. The van der Waals surface area contributed by atoms with Gasteiger partial charge in [0.15, 0.2) is 0 Å².